The molecule has 4 rings (SSSR count). The number of benzene rings is 1. The van der Waals surface area contributed by atoms with Crippen molar-refractivity contribution in [2.24, 2.45) is 0 Å². The molecule has 0 radical (unpaired) electrons. The predicted octanol–water partition coefficient (Wildman–Crippen LogP) is 0.656. The van der Waals surface area contributed by atoms with Gasteiger partial charge in [0.05, 0.1) is 12.2 Å². The van der Waals surface area contributed by atoms with Crippen molar-refractivity contribution < 1.29 is 14.3 Å². The fourth-order valence-electron chi connectivity index (χ4n) is 3.22. The van der Waals surface area contributed by atoms with E-state index in [0.29, 0.717) is 55.7 Å². The Bertz CT molecular complexity index is 1030. The molecule has 11 heteroatoms. The van der Waals surface area contributed by atoms with Crippen LogP contribution in [0.15, 0.2) is 42.7 Å². The molecule has 1 aromatic carbocycles. The Labute approximate surface area is 178 Å². The molecule has 1 aliphatic rings. The number of carbonyl (C=O) groups excluding carboxylic acids is 2. The lowest BCUT2D eigenvalue weighted by Gasteiger charge is -2.34. The maximum atomic E-state index is 12.6. The molecule has 0 unspecified atom stereocenters. The zero-order valence-electron chi connectivity index (χ0n) is 17.1. The van der Waals surface area contributed by atoms with E-state index in [0.717, 1.165) is 0 Å². The van der Waals surface area contributed by atoms with Crippen molar-refractivity contribution in [3.8, 4) is 11.4 Å². The van der Waals surface area contributed by atoms with E-state index < -0.39 is 5.97 Å². The smallest absolute Gasteiger partial charge is 0.329 e. The summed E-state index contributed by atoms with van der Waals surface area (Å²) in [4.78, 5) is 38.0. The fourth-order valence-corrected chi connectivity index (χ4v) is 3.22. The Hall–Kier alpha value is -3.89. The number of hydrogen-bond acceptors (Lipinski definition) is 9. The fraction of sp³-hybridized carbons (Fsp3) is 0.350. The molecule has 1 aliphatic heterocycles. The maximum Gasteiger partial charge on any atom is 0.329 e. The number of piperazine rings is 1. The standard InChI is InChI=1S/C20H22N8O3/c1-2-31-17(29)14-28-24-18(23-25-28)16-12-21-20(22-13-16)27-10-8-26(9-11-27)19(30)15-6-4-3-5-7-15/h3-7,12-13H,2,8-11,14H2,1H3. The summed E-state index contributed by atoms with van der Waals surface area (Å²) in [6.45, 7) is 4.41. The third-order valence-electron chi connectivity index (χ3n) is 4.80. The first-order valence-corrected chi connectivity index (χ1v) is 9.99. The maximum absolute atomic E-state index is 12.6. The van der Waals surface area contributed by atoms with Gasteiger partial charge in [-0.25, -0.2) is 14.8 Å². The molecule has 2 aromatic heterocycles. The molecule has 11 nitrogen and oxygen atoms in total. The van der Waals surface area contributed by atoms with Gasteiger partial charge in [-0.05, 0) is 24.3 Å². The number of rotatable bonds is 6. The van der Waals surface area contributed by atoms with Gasteiger partial charge in [0.15, 0.2) is 6.54 Å². The summed E-state index contributed by atoms with van der Waals surface area (Å²) in [6.07, 6.45) is 3.24. The van der Waals surface area contributed by atoms with Gasteiger partial charge in [-0.2, -0.15) is 4.80 Å². The van der Waals surface area contributed by atoms with E-state index in [-0.39, 0.29) is 12.5 Å². The first kappa shape index (κ1) is 20.4. The van der Waals surface area contributed by atoms with Crippen LogP contribution in [0.4, 0.5) is 5.95 Å². The number of tetrazole rings is 1. The van der Waals surface area contributed by atoms with Crippen LogP contribution in [0.25, 0.3) is 11.4 Å². The van der Waals surface area contributed by atoms with Crippen molar-refractivity contribution in [1.82, 2.24) is 35.1 Å². The molecule has 0 saturated carbocycles. The van der Waals surface area contributed by atoms with Crippen LogP contribution in [-0.2, 0) is 16.1 Å². The van der Waals surface area contributed by atoms with Crippen LogP contribution in [0, 0.1) is 0 Å². The van der Waals surface area contributed by atoms with Gasteiger partial charge in [-0.3, -0.25) is 4.79 Å². The molecule has 0 atom stereocenters. The van der Waals surface area contributed by atoms with Gasteiger partial charge in [0.25, 0.3) is 5.91 Å². The summed E-state index contributed by atoms with van der Waals surface area (Å²) in [7, 11) is 0. The summed E-state index contributed by atoms with van der Waals surface area (Å²) in [5.74, 6) is 0.514. The average molecular weight is 422 g/mol. The lowest BCUT2D eigenvalue weighted by molar-refractivity contribution is -0.144. The lowest BCUT2D eigenvalue weighted by atomic mass is 10.2. The molecule has 3 aromatic rings. The molecule has 1 amide bonds. The van der Waals surface area contributed by atoms with E-state index in [1.807, 2.05) is 40.1 Å². The van der Waals surface area contributed by atoms with E-state index in [1.54, 1.807) is 19.3 Å². The Morgan fingerprint density at radius 2 is 1.74 bits per heavy atom. The van der Waals surface area contributed by atoms with Gasteiger partial charge >= 0.3 is 5.97 Å². The van der Waals surface area contributed by atoms with Crippen LogP contribution in [0.1, 0.15) is 17.3 Å². The van der Waals surface area contributed by atoms with Crippen molar-refractivity contribution in [1.29, 1.82) is 0 Å². The van der Waals surface area contributed by atoms with Gasteiger partial charge < -0.3 is 14.5 Å². The third kappa shape index (κ3) is 4.82. The molecular weight excluding hydrogens is 400 g/mol. The number of ether oxygens (including phenoxy) is 1. The monoisotopic (exact) mass is 422 g/mol. The van der Waals surface area contributed by atoms with Gasteiger partial charge in [0, 0.05) is 44.1 Å². The Morgan fingerprint density at radius 1 is 1.03 bits per heavy atom. The van der Waals surface area contributed by atoms with Crippen molar-refractivity contribution in [2.45, 2.75) is 13.5 Å². The molecular formula is C20H22N8O3. The average Bonchev–Trinajstić information content (AvgIpc) is 3.28. The predicted molar refractivity (Wildman–Crippen MR) is 110 cm³/mol. The van der Waals surface area contributed by atoms with E-state index >= 15 is 0 Å². The molecule has 31 heavy (non-hydrogen) atoms. The molecule has 160 valence electrons. The van der Waals surface area contributed by atoms with E-state index in [1.165, 1.54) is 4.80 Å². The van der Waals surface area contributed by atoms with Crippen LogP contribution in [0.3, 0.4) is 0 Å². The van der Waals surface area contributed by atoms with Crippen molar-refractivity contribution >= 4 is 17.8 Å². The second kappa shape index (κ2) is 9.28. The minimum absolute atomic E-state index is 0.0356. The van der Waals surface area contributed by atoms with Gasteiger partial charge in [0.1, 0.15) is 0 Å². The number of carbonyl (C=O) groups is 2. The van der Waals surface area contributed by atoms with Crippen LogP contribution in [-0.4, -0.2) is 79.7 Å². The summed E-state index contributed by atoms with van der Waals surface area (Å²) in [5.41, 5.74) is 1.29. The van der Waals surface area contributed by atoms with E-state index in [4.69, 9.17) is 4.74 Å². The highest BCUT2D eigenvalue weighted by Crippen LogP contribution is 2.16. The molecule has 1 saturated heterocycles. The van der Waals surface area contributed by atoms with Crippen LogP contribution < -0.4 is 4.90 Å². The summed E-state index contributed by atoms with van der Waals surface area (Å²) < 4.78 is 4.87. The molecule has 0 aliphatic carbocycles. The number of esters is 1. The minimum Gasteiger partial charge on any atom is -0.465 e. The van der Waals surface area contributed by atoms with Crippen molar-refractivity contribution in [3.63, 3.8) is 0 Å². The number of anilines is 1. The summed E-state index contributed by atoms with van der Waals surface area (Å²) in [6, 6.07) is 9.28. The Balaban J connectivity index is 1.35. The number of aromatic nitrogens is 6. The SMILES string of the molecule is CCOC(=O)Cn1nnc(-c2cnc(N3CCN(C(=O)c4ccccc4)CC3)nc2)n1. The zero-order valence-corrected chi connectivity index (χ0v) is 17.1. The number of amides is 1. The quantitative estimate of drug-likeness (QED) is 0.528. The third-order valence-corrected chi connectivity index (χ3v) is 4.80. The van der Waals surface area contributed by atoms with Gasteiger partial charge in [0.2, 0.25) is 11.8 Å². The van der Waals surface area contributed by atoms with Crippen LogP contribution in [0.2, 0.25) is 0 Å². The van der Waals surface area contributed by atoms with Crippen LogP contribution in [0.5, 0.6) is 0 Å². The first-order valence-electron chi connectivity index (χ1n) is 9.99. The normalized spacial score (nSPS) is 13.8. The van der Waals surface area contributed by atoms with Crippen molar-refractivity contribution in [3.05, 3.63) is 48.3 Å². The second-order valence-corrected chi connectivity index (χ2v) is 6.87. The van der Waals surface area contributed by atoms with Crippen molar-refractivity contribution in [2.75, 3.05) is 37.7 Å². The first-order chi connectivity index (χ1) is 15.1. The van der Waals surface area contributed by atoms with E-state index in [2.05, 4.69) is 25.4 Å². The lowest BCUT2D eigenvalue weighted by Crippen LogP contribution is -2.49. The Morgan fingerprint density at radius 3 is 2.42 bits per heavy atom. The van der Waals surface area contributed by atoms with Gasteiger partial charge in [-0.15, -0.1) is 10.2 Å². The second-order valence-electron chi connectivity index (χ2n) is 6.87. The largest absolute Gasteiger partial charge is 0.465 e. The van der Waals surface area contributed by atoms with E-state index in [9.17, 15) is 9.59 Å². The highest BCUT2D eigenvalue weighted by Gasteiger charge is 2.23. The minimum atomic E-state index is -0.428. The topological polar surface area (TPSA) is 119 Å². The molecule has 0 bridgehead atoms. The molecule has 0 N–H and O–H groups in total. The zero-order chi connectivity index (χ0) is 21.6. The van der Waals surface area contributed by atoms with Crippen LogP contribution >= 0.6 is 0 Å². The highest BCUT2D eigenvalue weighted by atomic mass is 16.5. The molecule has 1 fully saturated rings. The summed E-state index contributed by atoms with van der Waals surface area (Å²) in [5, 5.41) is 11.9. The molecule has 3 heterocycles. The Kier molecular flexibility index (Phi) is 6.11. The summed E-state index contributed by atoms with van der Waals surface area (Å²) >= 11 is 0. The number of nitrogens with zero attached hydrogens (tertiary/aromatic N) is 8. The number of hydrogen-bond donors (Lipinski definition) is 0. The van der Waals surface area contributed by atoms with Gasteiger partial charge in [-0.1, -0.05) is 18.2 Å². The molecule has 0 spiro atoms. The highest BCUT2D eigenvalue weighted by molar-refractivity contribution is 5.94.